The number of rotatable bonds is 4. The van der Waals surface area contributed by atoms with Crippen LogP contribution in [0.2, 0.25) is 0 Å². The van der Waals surface area contributed by atoms with Crippen molar-refractivity contribution in [1.82, 2.24) is 19.9 Å². The van der Waals surface area contributed by atoms with Crippen LogP contribution in [0.5, 0.6) is 5.88 Å². The third-order valence-corrected chi connectivity index (χ3v) is 4.04. The second-order valence-corrected chi connectivity index (χ2v) is 5.66. The third-order valence-electron chi connectivity index (χ3n) is 4.04. The van der Waals surface area contributed by atoms with E-state index in [4.69, 9.17) is 4.74 Å². The van der Waals surface area contributed by atoms with E-state index in [1.165, 1.54) is 0 Å². The van der Waals surface area contributed by atoms with E-state index in [0.29, 0.717) is 31.3 Å². The molecule has 2 aromatic rings. The van der Waals surface area contributed by atoms with Gasteiger partial charge in [0, 0.05) is 50.8 Å². The van der Waals surface area contributed by atoms with Gasteiger partial charge in [0.25, 0.3) is 0 Å². The Kier molecular flexibility index (Phi) is 5.20. The van der Waals surface area contributed by atoms with Crippen LogP contribution in [0.25, 0.3) is 0 Å². The lowest BCUT2D eigenvalue weighted by Crippen LogP contribution is -2.36. The predicted molar refractivity (Wildman–Crippen MR) is 89.9 cm³/mol. The van der Waals surface area contributed by atoms with Gasteiger partial charge in [-0.25, -0.2) is 4.98 Å². The van der Waals surface area contributed by atoms with Crippen molar-refractivity contribution in [3.8, 4) is 5.88 Å². The van der Waals surface area contributed by atoms with Gasteiger partial charge in [-0.1, -0.05) is 6.07 Å². The summed E-state index contributed by atoms with van der Waals surface area (Å²) in [6.07, 6.45) is 6.43. The normalized spacial score (nSPS) is 15.0. The molecule has 1 aliphatic rings. The monoisotopic (exact) mass is 327 g/mol. The first-order valence-electron chi connectivity index (χ1n) is 8.05. The van der Waals surface area contributed by atoms with Crippen LogP contribution in [0, 0.1) is 0 Å². The molecule has 1 fully saturated rings. The van der Waals surface area contributed by atoms with Gasteiger partial charge >= 0.3 is 0 Å². The van der Waals surface area contributed by atoms with Crippen molar-refractivity contribution >= 4 is 11.9 Å². The first-order chi connectivity index (χ1) is 11.8. The van der Waals surface area contributed by atoms with Gasteiger partial charge in [-0.2, -0.15) is 4.98 Å². The van der Waals surface area contributed by atoms with E-state index in [1.807, 2.05) is 17.0 Å². The van der Waals surface area contributed by atoms with Crippen LogP contribution < -0.4 is 9.64 Å². The number of carbonyl (C=O) groups excluding carboxylic acids is 1. The molecule has 3 rings (SSSR count). The van der Waals surface area contributed by atoms with Gasteiger partial charge < -0.3 is 14.5 Å². The molecule has 7 nitrogen and oxygen atoms in total. The molecule has 2 aromatic heterocycles. The Morgan fingerprint density at radius 2 is 2.12 bits per heavy atom. The van der Waals surface area contributed by atoms with E-state index in [0.717, 1.165) is 25.1 Å². The average Bonchev–Trinajstić information content (AvgIpc) is 2.89. The quantitative estimate of drug-likeness (QED) is 0.839. The number of ether oxygens (including phenoxy) is 1. The Balaban J connectivity index is 1.61. The van der Waals surface area contributed by atoms with Crippen LogP contribution in [0.1, 0.15) is 12.0 Å². The van der Waals surface area contributed by atoms with Crippen molar-refractivity contribution < 1.29 is 9.53 Å². The van der Waals surface area contributed by atoms with Crippen molar-refractivity contribution in [3.63, 3.8) is 0 Å². The van der Waals surface area contributed by atoms with E-state index in [9.17, 15) is 4.79 Å². The second-order valence-electron chi connectivity index (χ2n) is 5.66. The standard InChI is InChI=1S/C17H21N5O2/c1-24-15-5-7-19-17(20-15)22-9-3-8-21(10-11-22)16(23)12-14-4-2-6-18-13-14/h2,4-7,13H,3,8-12H2,1H3. The Labute approximate surface area is 141 Å². The van der Waals surface area contributed by atoms with E-state index in [-0.39, 0.29) is 5.91 Å². The van der Waals surface area contributed by atoms with Crippen LogP contribution >= 0.6 is 0 Å². The molecule has 24 heavy (non-hydrogen) atoms. The number of amides is 1. The van der Waals surface area contributed by atoms with E-state index in [1.54, 1.807) is 31.8 Å². The van der Waals surface area contributed by atoms with Crippen LogP contribution in [0.4, 0.5) is 5.95 Å². The zero-order chi connectivity index (χ0) is 16.8. The summed E-state index contributed by atoms with van der Waals surface area (Å²) in [7, 11) is 1.59. The first-order valence-corrected chi connectivity index (χ1v) is 8.05. The zero-order valence-electron chi connectivity index (χ0n) is 13.8. The number of hydrogen-bond donors (Lipinski definition) is 0. The molecule has 1 aliphatic heterocycles. The van der Waals surface area contributed by atoms with Crippen LogP contribution in [-0.2, 0) is 11.2 Å². The molecule has 0 radical (unpaired) electrons. The number of methoxy groups -OCH3 is 1. The summed E-state index contributed by atoms with van der Waals surface area (Å²) in [4.78, 5) is 29.2. The van der Waals surface area contributed by atoms with Gasteiger partial charge in [0.1, 0.15) is 0 Å². The summed E-state index contributed by atoms with van der Waals surface area (Å²) < 4.78 is 5.15. The fraction of sp³-hybridized carbons (Fsp3) is 0.412. The topological polar surface area (TPSA) is 71.5 Å². The maximum Gasteiger partial charge on any atom is 0.228 e. The largest absolute Gasteiger partial charge is 0.481 e. The lowest BCUT2D eigenvalue weighted by Gasteiger charge is -2.22. The molecule has 0 unspecified atom stereocenters. The summed E-state index contributed by atoms with van der Waals surface area (Å²) in [5, 5.41) is 0. The Morgan fingerprint density at radius 1 is 1.21 bits per heavy atom. The fourth-order valence-corrected chi connectivity index (χ4v) is 2.75. The Bertz CT molecular complexity index is 680. The van der Waals surface area contributed by atoms with Gasteiger partial charge in [-0.15, -0.1) is 0 Å². The summed E-state index contributed by atoms with van der Waals surface area (Å²) in [6.45, 7) is 2.95. The van der Waals surface area contributed by atoms with Gasteiger partial charge in [0.05, 0.1) is 13.5 Å². The summed E-state index contributed by atoms with van der Waals surface area (Å²) in [5.41, 5.74) is 0.944. The molecule has 0 bridgehead atoms. The highest BCUT2D eigenvalue weighted by Gasteiger charge is 2.20. The number of anilines is 1. The van der Waals surface area contributed by atoms with Crippen LogP contribution in [0.15, 0.2) is 36.8 Å². The van der Waals surface area contributed by atoms with Gasteiger partial charge in [-0.3, -0.25) is 9.78 Å². The third kappa shape index (κ3) is 3.98. The number of aromatic nitrogens is 3. The van der Waals surface area contributed by atoms with Crippen molar-refractivity contribution in [2.75, 3.05) is 38.2 Å². The molecule has 7 heteroatoms. The highest BCUT2D eigenvalue weighted by atomic mass is 16.5. The van der Waals surface area contributed by atoms with Gasteiger partial charge in [-0.05, 0) is 18.1 Å². The maximum absolute atomic E-state index is 12.5. The average molecular weight is 327 g/mol. The summed E-state index contributed by atoms with van der Waals surface area (Å²) in [6, 6.07) is 5.51. The summed E-state index contributed by atoms with van der Waals surface area (Å²) in [5.74, 6) is 1.33. The molecule has 0 aromatic carbocycles. The minimum atomic E-state index is 0.136. The molecule has 1 amide bonds. The summed E-state index contributed by atoms with van der Waals surface area (Å²) >= 11 is 0. The molecule has 0 aliphatic carbocycles. The van der Waals surface area contributed by atoms with Crippen LogP contribution in [0.3, 0.4) is 0 Å². The second kappa shape index (κ2) is 7.72. The molecule has 0 atom stereocenters. The number of hydrogen-bond acceptors (Lipinski definition) is 6. The lowest BCUT2D eigenvalue weighted by molar-refractivity contribution is -0.130. The van der Waals surface area contributed by atoms with E-state index in [2.05, 4.69) is 19.9 Å². The molecule has 0 spiro atoms. The zero-order valence-corrected chi connectivity index (χ0v) is 13.8. The number of nitrogens with zero attached hydrogens (tertiary/aromatic N) is 5. The minimum Gasteiger partial charge on any atom is -0.481 e. The molecule has 126 valence electrons. The molecule has 3 heterocycles. The van der Waals surface area contributed by atoms with Gasteiger partial charge in [0.15, 0.2) is 0 Å². The molecule has 1 saturated heterocycles. The minimum absolute atomic E-state index is 0.136. The molecule has 0 N–H and O–H groups in total. The highest BCUT2D eigenvalue weighted by Crippen LogP contribution is 2.15. The molecule has 0 saturated carbocycles. The van der Waals surface area contributed by atoms with Crippen LogP contribution in [-0.4, -0.2) is 59.0 Å². The van der Waals surface area contributed by atoms with Crippen molar-refractivity contribution in [2.24, 2.45) is 0 Å². The van der Waals surface area contributed by atoms with Gasteiger partial charge in [0.2, 0.25) is 17.7 Å². The number of pyridine rings is 1. The van der Waals surface area contributed by atoms with E-state index < -0.39 is 0 Å². The molecular weight excluding hydrogens is 306 g/mol. The van der Waals surface area contributed by atoms with Crippen molar-refractivity contribution in [1.29, 1.82) is 0 Å². The number of carbonyl (C=O) groups is 1. The Morgan fingerprint density at radius 3 is 2.92 bits per heavy atom. The SMILES string of the molecule is COc1ccnc(N2CCCN(C(=O)Cc3cccnc3)CC2)n1. The first kappa shape index (κ1) is 16.2. The van der Waals surface area contributed by atoms with Crippen molar-refractivity contribution in [2.45, 2.75) is 12.8 Å². The lowest BCUT2D eigenvalue weighted by atomic mass is 10.2. The maximum atomic E-state index is 12.5. The predicted octanol–water partition coefficient (Wildman–Crippen LogP) is 1.16. The molecular formula is C17H21N5O2. The fourth-order valence-electron chi connectivity index (χ4n) is 2.75. The van der Waals surface area contributed by atoms with Crippen molar-refractivity contribution in [3.05, 3.63) is 42.4 Å². The Hall–Kier alpha value is -2.70. The van der Waals surface area contributed by atoms with E-state index >= 15 is 0 Å². The highest BCUT2D eigenvalue weighted by molar-refractivity contribution is 5.78. The smallest absolute Gasteiger partial charge is 0.228 e.